The molecule has 6 heteroatoms. The van der Waals surface area contributed by atoms with Gasteiger partial charge in [-0.15, -0.1) is 0 Å². The first-order valence-corrected chi connectivity index (χ1v) is 7.45. The molecule has 3 atom stereocenters. The van der Waals surface area contributed by atoms with Gasteiger partial charge >= 0.3 is 0 Å². The van der Waals surface area contributed by atoms with E-state index < -0.39 is 10.0 Å². The molecular formula is C10H18N2O3S. The van der Waals surface area contributed by atoms with Gasteiger partial charge in [-0.25, -0.2) is 13.6 Å². The van der Waals surface area contributed by atoms with Crippen molar-refractivity contribution < 1.29 is 13.2 Å². The minimum Gasteiger partial charge on any atom is -0.355 e. The summed E-state index contributed by atoms with van der Waals surface area (Å²) >= 11 is 0. The maximum Gasteiger partial charge on any atom is 0.223 e. The Labute approximate surface area is 95.8 Å². The average molecular weight is 246 g/mol. The number of nitrogens with two attached hydrogens (primary N) is 1. The first-order valence-electron chi connectivity index (χ1n) is 5.74. The fraction of sp³-hybridized carbons (Fsp3) is 0.900. The Kier molecular flexibility index (Phi) is 3.21. The van der Waals surface area contributed by atoms with E-state index in [1.807, 2.05) is 0 Å². The highest BCUT2D eigenvalue weighted by atomic mass is 32.2. The lowest BCUT2D eigenvalue weighted by Crippen LogP contribution is -2.37. The highest BCUT2D eigenvalue weighted by molar-refractivity contribution is 7.89. The van der Waals surface area contributed by atoms with E-state index in [0.29, 0.717) is 5.92 Å². The molecule has 2 aliphatic carbocycles. The lowest BCUT2D eigenvalue weighted by atomic mass is 9.88. The Morgan fingerprint density at radius 1 is 1.31 bits per heavy atom. The summed E-state index contributed by atoms with van der Waals surface area (Å²) in [5, 5.41) is 7.52. The van der Waals surface area contributed by atoms with Crippen LogP contribution in [0.15, 0.2) is 0 Å². The molecule has 0 aromatic carbocycles. The third-order valence-corrected chi connectivity index (χ3v) is 4.53. The Hall–Kier alpha value is -0.620. The van der Waals surface area contributed by atoms with Crippen LogP contribution in [0.2, 0.25) is 0 Å². The number of nitrogens with one attached hydrogen (secondary N) is 1. The molecule has 0 saturated heterocycles. The van der Waals surface area contributed by atoms with Crippen molar-refractivity contribution in [1.82, 2.24) is 5.32 Å². The minimum atomic E-state index is -3.47. The quantitative estimate of drug-likeness (QED) is 0.721. The summed E-state index contributed by atoms with van der Waals surface area (Å²) in [5.74, 6) is 1.19. The van der Waals surface area contributed by atoms with Gasteiger partial charge in [0.2, 0.25) is 15.9 Å². The molecule has 1 amide bonds. The highest BCUT2D eigenvalue weighted by Crippen LogP contribution is 2.48. The molecule has 0 spiro atoms. The summed E-state index contributed by atoms with van der Waals surface area (Å²) in [5.41, 5.74) is 0. The number of amides is 1. The molecule has 92 valence electrons. The minimum absolute atomic E-state index is 0.0100. The Bertz CT molecular complexity index is 380. The lowest BCUT2D eigenvalue weighted by molar-refractivity contribution is -0.126. The number of fused-ring (bicyclic) bond motifs is 2. The molecule has 3 N–H and O–H groups in total. The molecule has 0 radical (unpaired) electrons. The summed E-state index contributed by atoms with van der Waals surface area (Å²) in [6.07, 6.45) is 4.56. The number of hydrogen-bond acceptors (Lipinski definition) is 3. The third kappa shape index (κ3) is 2.74. The molecule has 16 heavy (non-hydrogen) atoms. The van der Waals surface area contributed by atoms with Gasteiger partial charge in [0.25, 0.3) is 0 Å². The predicted octanol–water partition coefficient (Wildman–Crippen LogP) is -0.173. The molecule has 2 bridgehead atoms. The Balaban J connectivity index is 1.77. The molecule has 2 saturated carbocycles. The van der Waals surface area contributed by atoms with Crippen molar-refractivity contribution in [3.05, 3.63) is 0 Å². The van der Waals surface area contributed by atoms with E-state index >= 15 is 0 Å². The van der Waals surface area contributed by atoms with E-state index in [9.17, 15) is 13.2 Å². The van der Waals surface area contributed by atoms with Gasteiger partial charge in [0, 0.05) is 12.5 Å². The van der Waals surface area contributed by atoms with E-state index in [1.54, 1.807) is 0 Å². The maximum atomic E-state index is 11.8. The van der Waals surface area contributed by atoms with Gasteiger partial charge in [0.05, 0.1) is 5.75 Å². The van der Waals surface area contributed by atoms with Crippen molar-refractivity contribution in [1.29, 1.82) is 0 Å². The van der Waals surface area contributed by atoms with Crippen LogP contribution in [0.1, 0.15) is 25.7 Å². The predicted molar refractivity (Wildman–Crippen MR) is 59.9 cm³/mol. The van der Waals surface area contributed by atoms with Crippen molar-refractivity contribution in [3.63, 3.8) is 0 Å². The molecule has 0 aromatic heterocycles. The van der Waals surface area contributed by atoms with Crippen LogP contribution in [0, 0.1) is 17.8 Å². The summed E-state index contributed by atoms with van der Waals surface area (Å²) in [6.45, 7) is 0.131. The second kappa shape index (κ2) is 4.33. The first-order chi connectivity index (χ1) is 7.46. The number of sulfonamides is 1. The van der Waals surface area contributed by atoms with Crippen LogP contribution < -0.4 is 10.5 Å². The monoisotopic (exact) mass is 246 g/mol. The van der Waals surface area contributed by atoms with Gasteiger partial charge in [-0.2, -0.15) is 0 Å². The molecule has 0 aromatic rings. The van der Waals surface area contributed by atoms with Gasteiger partial charge in [-0.3, -0.25) is 4.79 Å². The summed E-state index contributed by atoms with van der Waals surface area (Å²) in [7, 11) is -3.47. The van der Waals surface area contributed by atoms with Crippen LogP contribution in [0.3, 0.4) is 0 Å². The Morgan fingerprint density at radius 2 is 2.06 bits per heavy atom. The zero-order chi connectivity index (χ0) is 11.8. The van der Waals surface area contributed by atoms with Gasteiger partial charge in [-0.1, -0.05) is 6.42 Å². The van der Waals surface area contributed by atoms with Crippen molar-refractivity contribution in [3.8, 4) is 0 Å². The second-order valence-electron chi connectivity index (χ2n) is 4.94. The Morgan fingerprint density at radius 3 is 2.56 bits per heavy atom. The first kappa shape index (κ1) is 11.9. The standard InChI is InChI=1S/C10H18N2O3S/c11-16(14,15)4-3-12-10(13)9-6-7-1-2-8(9)5-7/h7-9H,1-6H2,(H,12,13)(H2,11,14,15). The second-order valence-corrected chi connectivity index (χ2v) is 6.67. The van der Waals surface area contributed by atoms with Crippen LogP contribution >= 0.6 is 0 Å². The largest absolute Gasteiger partial charge is 0.355 e. The van der Waals surface area contributed by atoms with Crippen molar-refractivity contribution in [2.45, 2.75) is 25.7 Å². The summed E-state index contributed by atoms with van der Waals surface area (Å²) in [4.78, 5) is 11.8. The van der Waals surface area contributed by atoms with Crippen molar-refractivity contribution >= 4 is 15.9 Å². The van der Waals surface area contributed by atoms with Gasteiger partial charge < -0.3 is 5.32 Å². The SMILES string of the molecule is NS(=O)(=O)CCNC(=O)C1CC2CCC1C2. The molecule has 2 fully saturated rings. The molecule has 0 heterocycles. The highest BCUT2D eigenvalue weighted by Gasteiger charge is 2.42. The van der Waals surface area contributed by atoms with E-state index in [2.05, 4.69) is 5.32 Å². The van der Waals surface area contributed by atoms with E-state index in [0.717, 1.165) is 18.8 Å². The van der Waals surface area contributed by atoms with Crippen LogP contribution in [-0.4, -0.2) is 26.6 Å². The summed E-state index contributed by atoms with van der Waals surface area (Å²) in [6, 6.07) is 0. The number of rotatable bonds is 4. The zero-order valence-electron chi connectivity index (χ0n) is 9.19. The fourth-order valence-electron chi connectivity index (χ4n) is 3.01. The third-order valence-electron chi connectivity index (χ3n) is 3.76. The van der Waals surface area contributed by atoms with Crippen LogP contribution in [0.4, 0.5) is 0 Å². The average Bonchev–Trinajstić information content (AvgIpc) is 2.76. The van der Waals surface area contributed by atoms with Gasteiger partial charge in [0.15, 0.2) is 0 Å². The molecule has 5 nitrogen and oxygen atoms in total. The van der Waals surface area contributed by atoms with Crippen LogP contribution in [0.5, 0.6) is 0 Å². The topological polar surface area (TPSA) is 89.3 Å². The molecule has 2 rings (SSSR count). The van der Waals surface area contributed by atoms with Crippen molar-refractivity contribution in [2.24, 2.45) is 22.9 Å². The van der Waals surface area contributed by atoms with E-state index in [1.165, 1.54) is 12.8 Å². The van der Waals surface area contributed by atoms with Crippen LogP contribution in [-0.2, 0) is 14.8 Å². The van der Waals surface area contributed by atoms with Crippen molar-refractivity contribution in [2.75, 3.05) is 12.3 Å². The summed E-state index contributed by atoms with van der Waals surface area (Å²) < 4.78 is 21.4. The number of primary sulfonamides is 1. The molecule has 2 aliphatic rings. The lowest BCUT2D eigenvalue weighted by Gasteiger charge is -2.20. The van der Waals surface area contributed by atoms with Gasteiger partial charge in [-0.05, 0) is 31.1 Å². The number of carbonyl (C=O) groups excluding carboxylic acids is 1. The van der Waals surface area contributed by atoms with Gasteiger partial charge in [0.1, 0.15) is 0 Å². The molecule has 0 aliphatic heterocycles. The van der Waals surface area contributed by atoms with Crippen LogP contribution in [0.25, 0.3) is 0 Å². The molecule has 3 unspecified atom stereocenters. The number of hydrogen-bond donors (Lipinski definition) is 2. The maximum absolute atomic E-state index is 11.8. The van der Waals surface area contributed by atoms with E-state index in [4.69, 9.17) is 5.14 Å². The smallest absolute Gasteiger partial charge is 0.223 e. The zero-order valence-corrected chi connectivity index (χ0v) is 10.0. The normalized spacial score (nSPS) is 32.9. The van der Waals surface area contributed by atoms with E-state index in [-0.39, 0.29) is 24.1 Å². The fourth-order valence-corrected chi connectivity index (χ4v) is 3.40. The molecular weight excluding hydrogens is 228 g/mol. The number of carbonyl (C=O) groups is 1.